The molecule has 0 saturated heterocycles. The van der Waals surface area contributed by atoms with Crippen LogP contribution in [0.1, 0.15) is 22.3 Å². The highest BCUT2D eigenvalue weighted by Crippen LogP contribution is 2.24. The fourth-order valence-electron chi connectivity index (χ4n) is 2.49. The lowest BCUT2D eigenvalue weighted by Gasteiger charge is -2.17. The van der Waals surface area contributed by atoms with Gasteiger partial charge in [0.25, 0.3) is 5.91 Å². The van der Waals surface area contributed by atoms with Crippen molar-refractivity contribution in [2.24, 2.45) is 0 Å². The van der Waals surface area contributed by atoms with Crippen molar-refractivity contribution in [1.29, 1.82) is 0 Å². The number of hydrogen-bond acceptors (Lipinski definition) is 4. The number of nitrogens with one attached hydrogen (secondary N) is 1. The molecule has 2 aromatic carbocycles. The van der Waals surface area contributed by atoms with Gasteiger partial charge in [-0.25, -0.2) is 8.42 Å². The normalized spacial score (nSPS) is 11.1. The monoisotopic (exact) mass is 410 g/mol. The van der Waals surface area contributed by atoms with Crippen LogP contribution in [0.5, 0.6) is 5.75 Å². The predicted octanol–water partition coefficient (Wildman–Crippen LogP) is 3.11. The maximum atomic E-state index is 12.3. The van der Waals surface area contributed by atoms with Gasteiger partial charge < -0.3 is 10.1 Å². The highest BCUT2D eigenvalue weighted by molar-refractivity contribution is 7.92. The minimum Gasteiger partial charge on any atom is -0.497 e. The first-order valence-electron chi connectivity index (χ1n) is 8.37. The van der Waals surface area contributed by atoms with E-state index in [1.165, 1.54) is 19.2 Å². The van der Waals surface area contributed by atoms with Gasteiger partial charge in [-0.05, 0) is 48.7 Å². The quantitative estimate of drug-likeness (QED) is 0.678. The lowest BCUT2D eigenvalue weighted by Crippen LogP contribution is -2.26. The Labute approximate surface area is 165 Å². The summed E-state index contributed by atoms with van der Waals surface area (Å²) in [5, 5.41) is 3.03. The van der Waals surface area contributed by atoms with Crippen LogP contribution in [0, 0.1) is 0 Å². The van der Waals surface area contributed by atoms with E-state index in [0.717, 1.165) is 34.7 Å². The molecule has 0 fully saturated rings. The number of sulfonamides is 1. The Morgan fingerprint density at radius 1 is 1.22 bits per heavy atom. The molecular weight excluding hydrogens is 388 g/mol. The second kappa shape index (κ2) is 9.10. The Bertz CT molecular complexity index is 916. The van der Waals surface area contributed by atoms with Crippen molar-refractivity contribution >= 4 is 33.2 Å². The topological polar surface area (TPSA) is 75.7 Å². The number of ether oxygens (including phenoxy) is 1. The largest absolute Gasteiger partial charge is 0.497 e. The van der Waals surface area contributed by atoms with Gasteiger partial charge in [0.05, 0.1) is 29.6 Å². The molecule has 0 saturated carbocycles. The summed E-state index contributed by atoms with van der Waals surface area (Å²) in [6.07, 6.45) is 2.68. The maximum Gasteiger partial charge on any atom is 0.252 e. The molecule has 8 heteroatoms. The second-order valence-corrected chi connectivity index (χ2v) is 8.53. The van der Waals surface area contributed by atoms with Gasteiger partial charge in [0.15, 0.2) is 0 Å². The average Bonchev–Trinajstić information content (AvgIpc) is 2.63. The zero-order valence-corrected chi connectivity index (χ0v) is 17.1. The fraction of sp³-hybridized carbons (Fsp3) is 0.316. The number of rotatable bonds is 8. The Morgan fingerprint density at radius 2 is 1.96 bits per heavy atom. The van der Waals surface area contributed by atoms with Crippen LogP contribution in [0.2, 0.25) is 5.02 Å². The zero-order valence-electron chi connectivity index (χ0n) is 15.5. The van der Waals surface area contributed by atoms with Crippen molar-refractivity contribution in [2.45, 2.75) is 12.8 Å². The number of carbonyl (C=O) groups excluding carboxylic acids is 1. The number of hydrogen-bond donors (Lipinski definition) is 1. The number of halogens is 1. The molecule has 0 bridgehead atoms. The third-order valence-electron chi connectivity index (χ3n) is 4.12. The molecule has 2 aromatic rings. The zero-order chi connectivity index (χ0) is 20.0. The number of anilines is 1. The van der Waals surface area contributed by atoms with Crippen molar-refractivity contribution in [2.75, 3.05) is 31.3 Å². The Morgan fingerprint density at radius 3 is 2.59 bits per heavy atom. The molecule has 0 unspecified atom stereocenters. The molecule has 0 atom stereocenters. The van der Waals surface area contributed by atoms with E-state index in [2.05, 4.69) is 5.32 Å². The van der Waals surface area contributed by atoms with E-state index < -0.39 is 10.0 Å². The Hall–Kier alpha value is -2.25. The summed E-state index contributed by atoms with van der Waals surface area (Å²) in [7, 11) is -0.333. The summed E-state index contributed by atoms with van der Waals surface area (Å²) < 4.78 is 29.5. The SMILES string of the molecule is COc1cccc(CCCNC(=O)c2ccc(N(C)S(C)(=O)=O)cc2Cl)c1. The van der Waals surface area contributed by atoms with Crippen LogP contribution in [0.3, 0.4) is 0 Å². The van der Waals surface area contributed by atoms with Gasteiger partial charge in [-0.2, -0.15) is 0 Å². The van der Waals surface area contributed by atoms with Gasteiger partial charge in [0.1, 0.15) is 5.75 Å². The summed E-state index contributed by atoms with van der Waals surface area (Å²) >= 11 is 6.16. The predicted molar refractivity (Wildman–Crippen MR) is 108 cm³/mol. The van der Waals surface area contributed by atoms with E-state index in [4.69, 9.17) is 16.3 Å². The van der Waals surface area contributed by atoms with E-state index in [-0.39, 0.29) is 10.9 Å². The summed E-state index contributed by atoms with van der Waals surface area (Å²) in [6, 6.07) is 12.3. The number of nitrogens with zero attached hydrogens (tertiary/aromatic N) is 1. The molecule has 0 aliphatic rings. The van der Waals surface area contributed by atoms with Crippen molar-refractivity contribution in [3.8, 4) is 5.75 Å². The van der Waals surface area contributed by atoms with Crippen molar-refractivity contribution in [1.82, 2.24) is 5.32 Å². The highest BCUT2D eigenvalue weighted by atomic mass is 35.5. The molecular formula is C19H23ClN2O4S. The molecule has 2 rings (SSSR count). The van der Waals surface area contributed by atoms with Crippen molar-refractivity contribution in [3.05, 3.63) is 58.6 Å². The van der Waals surface area contributed by atoms with Crippen LogP contribution in [0.25, 0.3) is 0 Å². The van der Waals surface area contributed by atoms with Crippen LogP contribution in [-0.4, -0.2) is 41.3 Å². The molecule has 0 spiro atoms. The molecule has 0 aliphatic heterocycles. The van der Waals surface area contributed by atoms with E-state index in [1.54, 1.807) is 13.2 Å². The minimum absolute atomic E-state index is 0.202. The van der Waals surface area contributed by atoms with Gasteiger partial charge in [-0.15, -0.1) is 0 Å². The first-order chi connectivity index (χ1) is 12.7. The summed E-state index contributed by atoms with van der Waals surface area (Å²) in [4.78, 5) is 12.3. The van der Waals surface area contributed by atoms with Gasteiger partial charge in [0, 0.05) is 13.6 Å². The van der Waals surface area contributed by atoms with Crippen LogP contribution < -0.4 is 14.4 Å². The molecule has 1 amide bonds. The fourth-order valence-corrected chi connectivity index (χ4v) is 3.25. The molecule has 27 heavy (non-hydrogen) atoms. The summed E-state index contributed by atoms with van der Waals surface area (Å²) in [5.41, 5.74) is 1.84. The van der Waals surface area contributed by atoms with Gasteiger partial charge in [0.2, 0.25) is 10.0 Å². The Kier molecular flexibility index (Phi) is 7.10. The third-order valence-corrected chi connectivity index (χ3v) is 5.64. The van der Waals surface area contributed by atoms with Crippen molar-refractivity contribution < 1.29 is 17.9 Å². The molecule has 0 aromatic heterocycles. The molecule has 0 aliphatic carbocycles. The smallest absolute Gasteiger partial charge is 0.252 e. The van der Waals surface area contributed by atoms with E-state index >= 15 is 0 Å². The van der Waals surface area contributed by atoms with Gasteiger partial charge in [-0.1, -0.05) is 23.7 Å². The summed E-state index contributed by atoms with van der Waals surface area (Å²) in [5.74, 6) is 0.515. The number of carbonyl (C=O) groups is 1. The lowest BCUT2D eigenvalue weighted by atomic mass is 10.1. The Balaban J connectivity index is 1.92. The number of amides is 1. The van der Waals surface area contributed by atoms with Crippen molar-refractivity contribution in [3.63, 3.8) is 0 Å². The van der Waals surface area contributed by atoms with Gasteiger partial charge in [-0.3, -0.25) is 9.10 Å². The number of benzene rings is 2. The molecule has 146 valence electrons. The van der Waals surface area contributed by atoms with Crippen LogP contribution in [0.4, 0.5) is 5.69 Å². The first kappa shape index (κ1) is 21.1. The van der Waals surface area contributed by atoms with E-state index in [1.807, 2.05) is 24.3 Å². The number of aryl methyl sites for hydroxylation is 1. The van der Waals surface area contributed by atoms with Crippen LogP contribution >= 0.6 is 11.6 Å². The van der Waals surface area contributed by atoms with E-state index in [0.29, 0.717) is 17.8 Å². The van der Waals surface area contributed by atoms with E-state index in [9.17, 15) is 13.2 Å². The van der Waals surface area contributed by atoms with Crippen LogP contribution in [0.15, 0.2) is 42.5 Å². The van der Waals surface area contributed by atoms with Gasteiger partial charge >= 0.3 is 0 Å². The van der Waals surface area contributed by atoms with Crippen LogP contribution in [-0.2, 0) is 16.4 Å². The average molecular weight is 411 g/mol. The number of methoxy groups -OCH3 is 1. The molecule has 0 heterocycles. The minimum atomic E-state index is -3.39. The first-order valence-corrected chi connectivity index (χ1v) is 10.6. The molecule has 6 nitrogen and oxygen atoms in total. The summed E-state index contributed by atoms with van der Waals surface area (Å²) in [6.45, 7) is 0.497. The highest BCUT2D eigenvalue weighted by Gasteiger charge is 2.16. The second-order valence-electron chi connectivity index (χ2n) is 6.11. The third kappa shape index (κ3) is 5.87. The molecule has 0 radical (unpaired) electrons. The standard InChI is InChI=1S/C19H23ClN2O4S/c1-22(27(3,24)25)15-9-10-17(18(20)13-15)19(23)21-11-5-7-14-6-4-8-16(12-14)26-2/h4,6,8-10,12-13H,5,7,11H2,1-3H3,(H,21,23). The maximum absolute atomic E-state index is 12.3. The molecule has 1 N–H and O–H groups in total. The lowest BCUT2D eigenvalue weighted by molar-refractivity contribution is 0.0953.